The van der Waals surface area contributed by atoms with E-state index in [1.165, 1.54) is 0 Å². The van der Waals surface area contributed by atoms with Crippen LogP contribution in [0.5, 0.6) is 0 Å². The number of carbonyl (C=O) groups is 2. The molecule has 1 fully saturated rings. The van der Waals surface area contributed by atoms with Crippen LogP contribution in [0.2, 0.25) is 0 Å². The Balaban J connectivity index is 2.46. The molecule has 1 saturated heterocycles. The first kappa shape index (κ1) is 11.5. The van der Waals surface area contributed by atoms with Crippen molar-refractivity contribution in [2.24, 2.45) is 0 Å². The van der Waals surface area contributed by atoms with E-state index in [-0.39, 0.29) is 6.42 Å². The van der Waals surface area contributed by atoms with E-state index in [0.717, 1.165) is 6.42 Å². The highest BCUT2D eigenvalue weighted by molar-refractivity contribution is 5.86. The number of hydrogen-bond donors (Lipinski definition) is 2. The van der Waals surface area contributed by atoms with Crippen molar-refractivity contribution in [1.82, 2.24) is 5.32 Å². The van der Waals surface area contributed by atoms with Crippen molar-refractivity contribution in [2.45, 2.75) is 31.4 Å². The first-order chi connectivity index (χ1) is 7.15. The summed E-state index contributed by atoms with van der Waals surface area (Å²) in [6.45, 7) is 0.547. The Morgan fingerprint density at radius 3 is 2.87 bits per heavy atom. The minimum Gasteiger partial charge on any atom is -0.480 e. The largest absolute Gasteiger partial charge is 0.480 e. The molecule has 1 rings (SSSR count). The summed E-state index contributed by atoms with van der Waals surface area (Å²) >= 11 is 0. The second kappa shape index (κ2) is 5.37. The summed E-state index contributed by atoms with van der Waals surface area (Å²) in [4.78, 5) is 22.2. The van der Waals surface area contributed by atoms with E-state index >= 15 is 0 Å². The number of carbonyl (C=O) groups excluding carboxylic acids is 1. The molecule has 82 valence electrons. The molecule has 0 unspecified atom stereocenters. The van der Waals surface area contributed by atoms with E-state index in [0.29, 0.717) is 13.0 Å². The highest BCUT2D eigenvalue weighted by atomic mass is 16.5. The molecule has 0 aromatic heterocycles. The minimum absolute atomic E-state index is 0.0200. The summed E-state index contributed by atoms with van der Waals surface area (Å²) in [5.41, 5.74) is 0. The Hall–Kier alpha value is -1.54. The van der Waals surface area contributed by atoms with E-state index in [1.807, 2.05) is 0 Å². The third-order valence-corrected chi connectivity index (χ3v) is 2.16. The predicted octanol–water partition coefficient (Wildman–Crippen LogP) is -0.242. The van der Waals surface area contributed by atoms with Gasteiger partial charge in [-0.15, -0.1) is 12.3 Å². The molecule has 1 aliphatic heterocycles. The van der Waals surface area contributed by atoms with E-state index in [9.17, 15) is 9.59 Å². The first-order valence-electron chi connectivity index (χ1n) is 4.73. The molecule has 0 aromatic rings. The normalized spacial score (nSPS) is 21.7. The highest BCUT2D eigenvalue weighted by Crippen LogP contribution is 2.12. The zero-order chi connectivity index (χ0) is 11.3. The lowest BCUT2D eigenvalue weighted by Crippen LogP contribution is -2.45. The maximum atomic E-state index is 11.5. The van der Waals surface area contributed by atoms with E-state index in [1.54, 1.807) is 0 Å². The monoisotopic (exact) mass is 211 g/mol. The van der Waals surface area contributed by atoms with Gasteiger partial charge in [-0.05, 0) is 12.8 Å². The van der Waals surface area contributed by atoms with Crippen LogP contribution in [-0.2, 0) is 14.3 Å². The lowest BCUT2D eigenvalue weighted by atomic mass is 10.2. The number of hydrogen-bond acceptors (Lipinski definition) is 3. The fourth-order valence-electron chi connectivity index (χ4n) is 1.37. The van der Waals surface area contributed by atoms with Crippen LogP contribution >= 0.6 is 0 Å². The number of rotatable bonds is 4. The van der Waals surface area contributed by atoms with Crippen LogP contribution in [0.4, 0.5) is 0 Å². The van der Waals surface area contributed by atoms with E-state index < -0.39 is 24.0 Å². The van der Waals surface area contributed by atoms with Crippen molar-refractivity contribution >= 4 is 11.9 Å². The molecule has 1 heterocycles. The Bertz CT molecular complexity index is 288. The standard InChI is InChI=1S/C10H13NO4/c1-2-4-7(10(13)14)11-9(12)8-5-3-6-15-8/h1,7-8H,3-6H2,(H,11,12)(H,13,14)/t7-,8-/m1/s1. The number of carboxylic acids is 1. The maximum absolute atomic E-state index is 11.5. The second-order valence-electron chi connectivity index (χ2n) is 3.31. The summed E-state index contributed by atoms with van der Waals surface area (Å²) in [5.74, 6) is 0.690. The topological polar surface area (TPSA) is 75.6 Å². The van der Waals surface area contributed by atoms with Crippen molar-refractivity contribution in [3.8, 4) is 12.3 Å². The number of terminal acetylenes is 1. The zero-order valence-corrected chi connectivity index (χ0v) is 8.23. The molecule has 5 nitrogen and oxygen atoms in total. The smallest absolute Gasteiger partial charge is 0.327 e. The van der Waals surface area contributed by atoms with Crippen LogP contribution < -0.4 is 5.32 Å². The molecule has 0 aliphatic carbocycles. The van der Waals surface area contributed by atoms with Crippen LogP contribution in [0.3, 0.4) is 0 Å². The lowest BCUT2D eigenvalue weighted by molar-refractivity contribution is -0.143. The van der Waals surface area contributed by atoms with Gasteiger partial charge in [-0.25, -0.2) is 4.79 Å². The molecule has 1 aliphatic rings. The van der Waals surface area contributed by atoms with Gasteiger partial charge in [0.15, 0.2) is 0 Å². The second-order valence-corrected chi connectivity index (χ2v) is 3.31. The van der Waals surface area contributed by atoms with E-state index in [4.69, 9.17) is 16.3 Å². The molecule has 0 aromatic carbocycles. The van der Waals surface area contributed by atoms with Crippen molar-refractivity contribution in [3.63, 3.8) is 0 Å². The lowest BCUT2D eigenvalue weighted by Gasteiger charge is -2.14. The number of nitrogens with one attached hydrogen (secondary N) is 1. The van der Waals surface area contributed by atoms with Crippen molar-refractivity contribution in [2.75, 3.05) is 6.61 Å². The SMILES string of the molecule is C#CC[C@@H](NC(=O)[C@H]1CCCO1)C(=O)O. The Morgan fingerprint density at radius 2 is 2.40 bits per heavy atom. The van der Waals surface area contributed by atoms with Crippen LogP contribution in [0, 0.1) is 12.3 Å². The molecular weight excluding hydrogens is 198 g/mol. The first-order valence-corrected chi connectivity index (χ1v) is 4.73. The fourth-order valence-corrected chi connectivity index (χ4v) is 1.37. The van der Waals surface area contributed by atoms with Gasteiger partial charge in [-0.3, -0.25) is 4.79 Å². The van der Waals surface area contributed by atoms with Crippen molar-refractivity contribution in [1.29, 1.82) is 0 Å². The number of aliphatic carboxylic acids is 1. The van der Waals surface area contributed by atoms with Crippen molar-refractivity contribution < 1.29 is 19.4 Å². The molecule has 0 radical (unpaired) electrons. The summed E-state index contributed by atoms with van der Waals surface area (Å²) < 4.78 is 5.12. The maximum Gasteiger partial charge on any atom is 0.327 e. The van der Waals surface area contributed by atoms with Crippen LogP contribution in [0.25, 0.3) is 0 Å². The third-order valence-electron chi connectivity index (χ3n) is 2.16. The fraction of sp³-hybridized carbons (Fsp3) is 0.600. The molecule has 0 saturated carbocycles. The van der Waals surface area contributed by atoms with Gasteiger partial charge in [0, 0.05) is 13.0 Å². The van der Waals surface area contributed by atoms with Gasteiger partial charge in [0.2, 0.25) is 5.91 Å². The van der Waals surface area contributed by atoms with Crippen LogP contribution in [-0.4, -0.2) is 35.7 Å². The number of amides is 1. The summed E-state index contributed by atoms with van der Waals surface area (Å²) in [6.07, 6.45) is 5.91. The van der Waals surface area contributed by atoms with Gasteiger partial charge in [-0.1, -0.05) is 0 Å². The number of carboxylic acid groups (broad SMARTS) is 1. The summed E-state index contributed by atoms with van der Waals surface area (Å²) in [6, 6.07) is -1.02. The van der Waals surface area contributed by atoms with Gasteiger partial charge in [-0.2, -0.15) is 0 Å². The molecule has 5 heteroatoms. The van der Waals surface area contributed by atoms with Crippen LogP contribution in [0.15, 0.2) is 0 Å². The zero-order valence-electron chi connectivity index (χ0n) is 8.23. The summed E-state index contributed by atoms with van der Waals surface area (Å²) in [5, 5.41) is 11.1. The quantitative estimate of drug-likeness (QED) is 0.629. The molecule has 15 heavy (non-hydrogen) atoms. The molecule has 2 atom stereocenters. The molecular formula is C10H13NO4. The molecule has 0 spiro atoms. The van der Waals surface area contributed by atoms with Gasteiger partial charge >= 0.3 is 5.97 Å². The van der Waals surface area contributed by atoms with E-state index in [2.05, 4.69) is 11.2 Å². The Labute approximate surface area is 87.8 Å². The predicted molar refractivity (Wildman–Crippen MR) is 52.0 cm³/mol. The third kappa shape index (κ3) is 3.26. The molecule has 2 N–H and O–H groups in total. The number of ether oxygens (including phenoxy) is 1. The minimum atomic E-state index is -1.13. The molecule has 0 bridgehead atoms. The Kier molecular flexibility index (Phi) is 4.13. The summed E-state index contributed by atoms with van der Waals surface area (Å²) in [7, 11) is 0. The Morgan fingerprint density at radius 1 is 1.67 bits per heavy atom. The van der Waals surface area contributed by atoms with Gasteiger partial charge < -0.3 is 15.2 Å². The van der Waals surface area contributed by atoms with Gasteiger partial charge in [0.1, 0.15) is 12.1 Å². The van der Waals surface area contributed by atoms with Gasteiger partial charge in [0.25, 0.3) is 0 Å². The van der Waals surface area contributed by atoms with Crippen LogP contribution in [0.1, 0.15) is 19.3 Å². The van der Waals surface area contributed by atoms with Gasteiger partial charge in [0.05, 0.1) is 0 Å². The average molecular weight is 211 g/mol. The van der Waals surface area contributed by atoms with Crippen molar-refractivity contribution in [3.05, 3.63) is 0 Å². The highest BCUT2D eigenvalue weighted by Gasteiger charge is 2.27. The molecule has 1 amide bonds. The average Bonchev–Trinajstić information content (AvgIpc) is 2.69.